The molecule has 1 aromatic carbocycles. The van der Waals surface area contributed by atoms with Crippen LogP contribution in [0.3, 0.4) is 0 Å². The number of aromatic amines is 1. The molecule has 18 heavy (non-hydrogen) atoms. The first-order chi connectivity index (χ1) is 8.43. The molecule has 0 saturated carbocycles. The summed E-state index contributed by atoms with van der Waals surface area (Å²) in [6.07, 6.45) is 0. The number of benzene rings is 1. The predicted molar refractivity (Wildman–Crippen MR) is 63.8 cm³/mol. The van der Waals surface area contributed by atoms with Crippen LogP contribution in [-0.2, 0) is 10.7 Å². The molecule has 0 radical (unpaired) electrons. The molecule has 96 valence electrons. The lowest BCUT2D eigenvalue weighted by atomic mass is 10.1. The molecule has 0 fully saturated rings. The lowest BCUT2D eigenvalue weighted by Gasteiger charge is -2.11. The second-order valence-electron chi connectivity index (χ2n) is 4.06. The smallest absolute Gasteiger partial charge is 0.354 e. The van der Waals surface area contributed by atoms with E-state index >= 15 is 0 Å². The Morgan fingerprint density at radius 1 is 1.44 bits per heavy atom. The number of rotatable bonds is 3. The number of nitrogens with one attached hydrogen (secondary N) is 1. The largest absolute Gasteiger partial charge is 0.461 e. The summed E-state index contributed by atoms with van der Waals surface area (Å²) in [7, 11) is 0. The summed E-state index contributed by atoms with van der Waals surface area (Å²) in [5.74, 6) is -3.49. The summed E-state index contributed by atoms with van der Waals surface area (Å²) < 4.78 is 31.7. The summed E-state index contributed by atoms with van der Waals surface area (Å²) in [5, 5.41) is 0.341. The van der Waals surface area contributed by atoms with Crippen molar-refractivity contribution in [3.05, 3.63) is 35.5 Å². The Kier molecular flexibility index (Phi) is 3.07. The number of aromatic nitrogens is 1. The van der Waals surface area contributed by atoms with Crippen molar-refractivity contribution in [2.24, 2.45) is 0 Å². The molecule has 0 unspecified atom stereocenters. The first-order valence-electron chi connectivity index (χ1n) is 5.60. The van der Waals surface area contributed by atoms with Crippen molar-refractivity contribution in [3.63, 3.8) is 0 Å². The number of fused-ring (bicyclic) bond motifs is 1. The molecule has 2 aromatic rings. The van der Waals surface area contributed by atoms with Crippen molar-refractivity contribution >= 4 is 16.9 Å². The lowest BCUT2D eigenvalue weighted by molar-refractivity contribution is 0.0190. The van der Waals surface area contributed by atoms with E-state index in [4.69, 9.17) is 4.74 Å². The SMILES string of the molecule is CCOC(=O)c1cc2c(C(C)(F)F)cccc2[nH]1. The Morgan fingerprint density at radius 3 is 2.78 bits per heavy atom. The number of halogens is 2. The van der Waals surface area contributed by atoms with E-state index in [-0.39, 0.29) is 17.9 Å². The number of hydrogen-bond donors (Lipinski definition) is 1. The van der Waals surface area contributed by atoms with Crippen LogP contribution in [0.15, 0.2) is 24.3 Å². The summed E-state index contributed by atoms with van der Waals surface area (Å²) in [4.78, 5) is 14.3. The molecule has 2 rings (SSSR count). The van der Waals surface area contributed by atoms with Crippen LogP contribution in [0, 0.1) is 0 Å². The molecule has 0 atom stereocenters. The molecule has 0 saturated heterocycles. The third-order valence-corrected chi connectivity index (χ3v) is 2.63. The zero-order valence-electron chi connectivity index (χ0n) is 10.1. The van der Waals surface area contributed by atoms with Crippen LogP contribution >= 0.6 is 0 Å². The summed E-state index contributed by atoms with van der Waals surface area (Å²) in [6, 6.07) is 5.93. The van der Waals surface area contributed by atoms with Crippen LogP contribution in [0.1, 0.15) is 29.9 Å². The van der Waals surface area contributed by atoms with Gasteiger partial charge in [0.2, 0.25) is 0 Å². The second kappa shape index (κ2) is 4.40. The second-order valence-corrected chi connectivity index (χ2v) is 4.06. The average Bonchev–Trinajstić information content (AvgIpc) is 2.71. The Morgan fingerprint density at radius 2 is 2.17 bits per heavy atom. The van der Waals surface area contributed by atoms with Crippen molar-refractivity contribution < 1.29 is 18.3 Å². The highest BCUT2D eigenvalue weighted by molar-refractivity contribution is 5.96. The van der Waals surface area contributed by atoms with Crippen LogP contribution in [-0.4, -0.2) is 17.6 Å². The first kappa shape index (κ1) is 12.5. The molecule has 0 aliphatic carbocycles. The minimum absolute atomic E-state index is 0.105. The molecule has 0 spiro atoms. The molecule has 1 heterocycles. The fourth-order valence-electron chi connectivity index (χ4n) is 1.86. The highest BCUT2D eigenvalue weighted by Gasteiger charge is 2.27. The van der Waals surface area contributed by atoms with E-state index in [1.807, 2.05) is 0 Å². The number of ether oxygens (including phenoxy) is 1. The minimum atomic E-state index is -2.95. The maximum atomic E-state index is 13.4. The van der Waals surface area contributed by atoms with E-state index in [1.165, 1.54) is 18.2 Å². The van der Waals surface area contributed by atoms with Crippen molar-refractivity contribution in [2.45, 2.75) is 19.8 Å². The zero-order chi connectivity index (χ0) is 13.3. The fourth-order valence-corrected chi connectivity index (χ4v) is 1.86. The van der Waals surface area contributed by atoms with E-state index < -0.39 is 11.9 Å². The third-order valence-electron chi connectivity index (χ3n) is 2.63. The topological polar surface area (TPSA) is 42.1 Å². The van der Waals surface area contributed by atoms with Gasteiger partial charge in [0.15, 0.2) is 0 Å². The van der Waals surface area contributed by atoms with Crippen molar-refractivity contribution in [1.82, 2.24) is 4.98 Å². The molecule has 1 aromatic heterocycles. The van der Waals surface area contributed by atoms with Gasteiger partial charge in [0, 0.05) is 23.4 Å². The molecule has 0 aliphatic heterocycles. The van der Waals surface area contributed by atoms with Gasteiger partial charge in [-0.25, -0.2) is 13.6 Å². The quantitative estimate of drug-likeness (QED) is 0.851. The highest BCUT2D eigenvalue weighted by atomic mass is 19.3. The van der Waals surface area contributed by atoms with Gasteiger partial charge >= 0.3 is 5.97 Å². The summed E-state index contributed by atoms with van der Waals surface area (Å²) in [5.41, 5.74) is 0.576. The maximum Gasteiger partial charge on any atom is 0.354 e. The standard InChI is InChI=1S/C13H13F2NO2/c1-3-18-12(17)11-7-8-9(13(2,14)15)5-4-6-10(8)16-11/h4-7,16H,3H2,1-2H3. The fraction of sp³-hybridized carbons (Fsp3) is 0.308. The van der Waals surface area contributed by atoms with Gasteiger partial charge in [-0.2, -0.15) is 0 Å². The van der Waals surface area contributed by atoms with E-state index in [1.54, 1.807) is 13.0 Å². The van der Waals surface area contributed by atoms with Crippen molar-refractivity contribution in [2.75, 3.05) is 6.61 Å². The molecule has 0 aliphatic rings. The third kappa shape index (κ3) is 2.20. The molecule has 1 N–H and O–H groups in total. The predicted octanol–water partition coefficient (Wildman–Crippen LogP) is 3.46. The molecule has 0 amide bonds. The van der Waals surface area contributed by atoms with Gasteiger partial charge in [0.1, 0.15) is 5.69 Å². The van der Waals surface area contributed by atoms with Crippen LogP contribution in [0.25, 0.3) is 10.9 Å². The van der Waals surface area contributed by atoms with Gasteiger partial charge in [-0.15, -0.1) is 0 Å². The van der Waals surface area contributed by atoms with Crippen LogP contribution in [0.2, 0.25) is 0 Å². The van der Waals surface area contributed by atoms with E-state index in [0.717, 1.165) is 6.92 Å². The minimum Gasteiger partial charge on any atom is -0.461 e. The average molecular weight is 253 g/mol. The number of esters is 1. The van der Waals surface area contributed by atoms with Gasteiger partial charge in [0.25, 0.3) is 5.92 Å². The lowest BCUT2D eigenvalue weighted by Crippen LogP contribution is -2.07. The Labute approximate surface area is 103 Å². The highest BCUT2D eigenvalue weighted by Crippen LogP contribution is 2.33. The van der Waals surface area contributed by atoms with Gasteiger partial charge in [-0.3, -0.25) is 0 Å². The number of alkyl halides is 2. The van der Waals surface area contributed by atoms with Crippen LogP contribution in [0.4, 0.5) is 8.78 Å². The number of H-pyrrole nitrogens is 1. The van der Waals surface area contributed by atoms with Gasteiger partial charge in [-0.1, -0.05) is 12.1 Å². The zero-order valence-corrected chi connectivity index (χ0v) is 10.1. The van der Waals surface area contributed by atoms with Gasteiger partial charge < -0.3 is 9.72 Å². The van der Waals surface area contributed by atoms with E-state index in [9.17, 15) is 13.6 Å². The number of hydrogen-bond acceptors (Lipinski definition) is 2. The van der Waals surface area contributed by atoms with E-state index in [2.05, 4.69) is 4.98 Å². The summed E-state index contributed by atoms with van der Waals surface area (Å²) >= 11 is 0. The van der Waals surface area contributed by atoms with Crippen molar-refractivity contribution in [3.8, 4) is 0 Å². The molecule has 0 bridgehead atoms. The number of carbonyl (C=O) groups is 1. The number of carbonyl (C=O) groups excluding carboxylic acids is 1. The Balaban J connectivity index is 2.55. The van der Waals surface area contributed by atoms with Crippen molar-refractivity contribution in [1.29, 1.82) is 0 Å². The first-order valence-corrected chi connectivity index (χ1v) is 5.60. The Bertz CT molecular complexity index is 584. The van der Waals surface area contributed by atoms with Gasteiger partial charge in [0.05, 0.1) is 6.61 Å². The summed E-state index contributed by atoms with van der Waals surface area (Å²) in [6.45, 7) is 2.76. The van der Waals surface area contributed by atoms with E-state index in [0.29, 0.717) is 10.9 Å². The molecule has 3 nitrogen and oxygen atoms in total. The molecule has 5 heteroatoms. The van der Waals surface area contributed by atoms with Crippen LogP contribution in [0.5, 0.6) is 0 Å². The molecular formula is C13H13F2NO2. The molecular weight excluding hydrogens is 240 g/mol. The normalized spacial score (nSPS) is 11.8. The Hall–Kier alpha value is -1.91. The maximum absolute atomic E-state index is 13.4. The van der Waals surface area contributed by atoms with Gasteiger partial charge in [-0.05, 0) is 19.1 Å². The monoisotopic (exact) mass is 253 g/mol. The van der Waals surface area contributed by atoms with Crippen LogP contribution < -0.4 is 0 Å².